The van der Waals surface area contributed by atoms with E-state index in [2.05, 4.69) is 5.10 Å². The molecule has 2 aromatic rings. The van der Waals surface area contributed by atoms with E-state index in [1.54, 1.807) is 10.9 Å². The van der Waals surface area contributed by atoms with Crippen molar-refractivity contribution in [2.24, 2.45) is 7.05 Å². The highest BCUT2D eigenvalue weighted by atomic mass is 32.2. The number of thioether (sulfide) groups is 1. The van der Waals surface area contributed by atoms with Gasteiger partial charge in [0.05, 0.1) is 11.8 Å². The lowest BCUT2D eigenvalue weighted by molar-refractivity contribution is 0.0696. The normalized spacial score (nSPS) is 10.6. The van der Waals surface area contributed by atoms with Crippen LogP contribution < -0.4 is 0 Å². The lowest BCUT2D eigenvalue weighted by atomic mass is 10.1. The lowest BCUT2D eigenvalue weighted by Crippen LogP contribution is -1.98. The van der Waals surface area contributed by atoms with Crippen LogP contribution in [0.2, 0.25) is 0 Å². The van der Waals surface area contributed by atoms with Gasteiger partial charge in [0.2, 0.25) is 0 Å². The molecule has 6 heteroatoms. The Bertz CT molecular complexity index is 583. The second kappa shape index (κ2) is 5.22. The molecule has 0 atom stereocenters. The quantitative estimate of drug-likeness (QED) is 0.864. The van der Waals surface area contributed by atoms with E-state index in [1.165, 1.54) is 23.9 Å². The molecular formula is C12H11FN2O2S. The predicted molar refractivity (Wildman–Crippen MR) is 66.1 cm³/mol. The number of halogens is 1. The van der Waals surface area contributed by atoms with Crippen molar-refractivity contribution >= 4 is 17.7 Å². The molecule has 18 heavy (non-hydrogen) atoms. The number of hydrogen-bond donors (Lipinski definition) is 1. The van der Waals surface area contributed by atoms with Crippen molar-refractivity contribution in [2.75, 3.05) is 0 Å². The molecule has 0 fully saturated rings. The Kier molecular flexibility index (Phi) is 3.66. The Morgan fingerprint density at radius 1 is 1.56 bits per heavy atom. The number of aromatic nitrogens is 2. The minimum atomic E-state index is -1.12. The zero-order valence-electron chi connectivity index (χ0n) is 9.63. The molecular weight excluding hydrogens is 255 g/mol. The zero-order valence-corrected chi connectivity index (χ0v) is 10.4. The van der Waals surface area contributed by atoms with Crippen molar-refractivity contribution in [1.82, 2.24) is 9.78 Å². The van der Waals surface area contributed by atoms with Crippen LogP contribution in [0.4, 0.5) is 4.39 Å². The molecule has 1 N–H and O–H groups in total. The van der Waals surface area contributed by atoms with E-state index >= 15 is 0 Å². The summed E-state index contributed by atoms with van der Waals surface area (Å²) in [7, 11) is 1.81. The number of carboxylic acid groups (broad SMARTS) is 1. The number of benzene rings is 1. The molecule has 0 aliphatic carbocycles. The van der Waals surface area contributed by atoms with E-state index < -0.39 is 11.8 Å². The SMILES string of the molecule is Cn1cc(SCc2ccc(C(=O)O)cc2F)cn1. The van der Waals surface area contributed by atoms with Gasteiger partial charge in [0.25, 0.3) is 0 Å². The summed E-state index contributed by atoms with van der Waals surface area (Å²) in [4.78, 5) is 11.6. The van der Waals surface area contributed by atoms with Crippen molar-refractivity contribution in [3.8, 4) is 0 Å². The van der Waals surface area contributed by atoms with Gasteiger partial charge in [-0.25, -0.2) is 9.18 Å². The summed E-state index contributed by atoms with van der Waals surface area (Å²) in [5.41, 5.74) is 0.441. The van der Waals surface area contributed by atoms with Gasteiger partial charge >= 0.3 is 5.97 Å². The fourth-order valence-electron chi connectivity index (χ4n) is 1.43. The van der Waals surface area contributed by atoms with E-state index in [0.29, 0.717) is 11.3 Å². The van der Waals surface area contributed by atoms with Gasteiger partial charge in [0.1, 0.15) is 5.82 Å². The number of rotatable bonds is 4. The Morgan fingerprint density at radius 3 is 2.89 bits per heavy atom. The highest BCUT2D eigenvalue weighted by molar-refractivity contribution is 7.98. The molecule has 0 radical (unpaired) electrons. The maximum atomic E-state index is 13.6. The van der Waals surface area contributed by atoms with Gasteiger partial charge in [-0.05, 0) is 17.7 Å². The molecule has 1 aromatic heterocycles. The molecule has 0 aliphatic rings. The van der Waals surface area contributed by atoms with Crippen LogP contribution in [0.5, 0.6) is 0 Å². The van der Waals surface area contributed by atoms with Gasteiger partial charge in [0, 0.05) is 23.9 Å². The topological polar surface area (TPSA) is 55.1 Å². The molecule has 0 bridgehead atoms. The maximum Gasteiger partial charge on any atom is 0.335 e. The Morgan fingerprint density at radius 2 is 2.33 bits per heavy atom. The summed E-state index contributed by atoms with van der Waals surface area (Å²) in [6.07, 6.45) is 3.54. The third-order valence-electron chi connectivity index (χ3n) is 2.38. The van der Waals surface area contributed by atoms with E-state index in [0.717, 1.165) is 11.0 Å². The van der Waals surface area contributed by atoms with Crippen molar-refractivity contribution in [1.29, 1.82) is 0 Å². The van der Waals surface area contributed by atoms with Gasteiger partial charge in [-0.3, -0.25) is 4.68 Å². The first-order valence-corrected chi connectivity index (χ1v) is 6.18. The van der Waals surface area contributed by atoms with Gasteiger partial charge in [-0.1, -0.05) is 6.07 Å². The number of carbonyl (C=O) groups is 1. The zero-order chi connectivity index (χ0) is 13.1. The lowest BCUT2D eigenvalue weighted by Gasteiger charge is -2.03. The maximum absolute atomic E-state index is 13.6. The van der Waals surface area contributed by atoms with Gasteiger partial charge in [-0.2, -0.15) is 5.10 Å². The summed E-state index contributed by atoms with van der Waals surface area (Å²) in [6, 6.07) is 3.95. The van der Waals surface area contributed by atoms with Crippen LogP contribution in [-0.4, -0.2) is 20.9 Å². The highest BCUT2D eigenvalue weighted by Crippen LogP contribution is 2.23. The van der Waals surface area contributed by atoms with Crippen molar-refractivity contribution in [3.05, 3.63) is 47.5 Å². The Hall–Kier alpha value is -1.82. The van der Waals surface area contributed by atoms with Crippen LogP contribution in [-0.2, 0) is 12.8 Å². The number of nitrogens with zero attached hydrogens (tertiary/aromatic N) is 2. The molecule has 0 saturated carbocycles. The number of aromatic carboxylic acids is 1. The van der Waals surface area contributed by atoms with Crippen molar-refractivity contribution in [2.45, 2.75) is 10.6 Å². The van der Waals surface area contributed by atoms with Crippen LogP contribution in [0.15, 0.2) is 35.5 Å². The highest BCUT2D eigenvalue weighted by Gasteiger charge is 2.09. The van der Waals surface area contributed by atoms with E-state index in [1.807, 2.05) is 13.2 Å². The second-order valence-corrected chi connectivity index (χ2v) is 4.80. The summed E-state index contributed by atoms with van der Waals surface area (Å²) in [5, 5.41) is 12.7. The fraction of sp³-hybridized carbons (Fsp3) is 0.167. The average Bonchev–Trinajstić information content (AvgIpc) is 2.73. The molecule has 1 aromatic carbocycles. The summed E-state index contributed by atoms with van der Waals surface area (Å²) in [6.45, 7) is 0. The Labute approximate surface area is 107 Å². The van der Waals surface area contributed by atoms with Crippen molar-refractivity contribution in [3.63, 3.8) is 0 Å². The molecule has 0 aliphatic heterocycles. The number of hydrogen-bond acceptors (Lipinski definition) is 3. The largest absolute Gasteiger partial charge is 0.478 e. The van der Waals surface area contributed by atoms with Gasteiger partial charge < -0.3 is 5.11 Å². The van der Waals surface area contributed by atoms with Crippen LogP contribution in [0, 0.1) is 5.82 Å². The van der Waals surface area contributed by atoms with E-state index in [9.17, 15) is 9.18 Å². The number of carboxylic acids is 1. The van der Waals surface area contributed by atoms with Gasteiger partial charge in [0.15, 0.2) is 0 Å². The molecule has 0 saturated heterocycles. The summed E-state index contributed by atoms with van der Waals surface area (Å²) < 4.78 is 15.3. The fourth-order valence-corrected chi connectivity index (χ4v) is 2.34. The second-order valence-electron chi connectivity index (χ2n) is 3.75. The molecule has 2 rings (SSSR count). The van der Waals surface area contributed by atoms with Crippen LogP contribution in [0.25, 0.3) is 0 Å². The molecule has 0 spiro atoms. The van der Waals surface area contributed by atoms with Crippen molar-refractivity contribution < 1.29 is 14.3 Å². The van der Waals surface area contributed by atoms with Crippen LogP contribution in [0.1, 0.15) is 15.9 Å². The standard InChI is InChI=1S/C12H11FN2O2S/c1-15-6-10(5-14-15)18-7-9-3-2-8(12(16)17)4-11(9)13/h2-6H,7H2,1H3,(H,16,17). The first-order chi connectivity index (χ1) is 8.56. The van der Waals surface area contributed by atoms with E-state index in [4.69, 9.17) is 5.11 Å². The molecule has 0 amide bonds. The van der Waals surface area contributed by atoms with Crippen LogP contribution in [0.3, 0.4) is 0 Å². The van der Waals surface area contributed by atoms with E-state index in [-0.39, 0.29) is 5.56 Å². The predicted octanol–water partition coefficient (Wildman–Crippen LogP) is 2.55. The smallest absolute Gasteiger partial charge is 0.335 e. The summed E-state index contributed by atoms with van der Waals surface area (Å²) >= 11 is 1.45. The monoisotopic (exact) mass is 266 g/mol. The molecule has 0 unspecified atom stereocenters. The first-order valence-electron chi connectivity index (χ1n) is 5.19. The minimum Gasteiger partial charge on any atom is -0.478 e. The first kappa shape index (κ1) is 12.6. The molecule has 4 nitrogen and oxygen atoms in total. The average molecular weight is 266 g/mol. The minimum absolute atomic E-state index is 0.0392. The Balaban J connectivity index is 2.08. The molecule has 94 valence electrons. The third kappa shape index (κ3) is 2.89. The third-order valence-corrected chi connectivity index (χ3v) is 3.38. The van der Waals surface area contributed by atoms with Crippen LogP contribution >= 0.6 is 11.8 Å². The molecule has 1 heterocycles. The van der Waals surface area contributed by atoms with Gasteiger partial charge in [-0.15, -0.1) is 11.8 Å². The number of aryl methyl sites for hydroxylation is 1. The summed E-state index contributed by atoms with van der Waals surface area (Å²) in [5.74, 6) is -1.18.